The predicted octanol–water partition coefficient (Wildman–Crippen LogP) is 5.02. The van der Waals surface area contributed by atoms with Crippen molar-refractivity contribution in [1.82, 2.24) is 0 Å². The van der Waals surface area contributed by atoms with Gasteiger partial charge in [-0.2, -0.15) is 0 Å². The maximum absolute atomic E-state index is 12.0. The van der Waals surface area contributed by atoms with E-state index < -0.39 is 15.3 Å². The summed E-state index contributed by atoms with van der Waals surface area (Å²) in [6.07, 6.45) is 0.949. The van der Waals surface area contributed by atoms with Crippen LogP contribution in [-0.2, 0) is 23.0 Å². The van der Waals surface area contributed by atoms with Crippen LogP contribution in [0.3, 0.4) is 0 Å². The van der Waals surface area contributed by atoms with Gasteiger partial charge in [-0.1, -0.05) is 48.5 Å². The highest BCUT2D eigenvalue weighted by atomic mass is 32.2. The Balaban J connectivity index is 1.46. The van der Waals surface area contributed by atoms with Crippen molar-refractivity contribution in [3.8, 4) is 11.1 Å². The lowest BCUT2D eigenvalue weighted by molar-refractivity contribution is 0.593. The van der Waals surface area contributed by atoms with E-state index in [0.717, 1.165) is 17.7 Å². The molecule has 0 atom stereocenters. The molecule has 0 saturated carbocycles. The van der Waals surface area contributed by atoms with E-state index >= 15 is 0 Å². The lowest BCUT2D eigenvalue weighted by atomic mass is 10.0. The van der Waals surface area contributed by atoms with Crippen molar-refractivity contribution in [3.63, 3.8) is 0 Å². The summed E-state index contributed by atoms with van der Waals surface area (Å²) in [4.78, 5) is 0. The van der Waals surface area contributed by atoms with Crippen LogP contribution in [0.5, 0.6) is 0 Å². The van der Waals surface area contributed by atoms with Crippen LogP contribution in [0.1, 0.15) is 30.5 Å². The van der Waals surface area contributed by atoms with E-state index in [1.165, 1.54) is 22.3 Å². The van der Waals surface area contributed by atoms with Crippen molar-refractivity contribution in [2.45, 2.75) is 32.1 Å². The Morgan fingerprint density at radius 2 is 1.61 bits per heavy atom. The maximum Gasteiger partial charge on any atom is 0.235 e. The monoisotopic (exact) mass is 392 g/mol. The summed E-state index contributed by atoms with van der Waals surface area (Å²) >= 11 is 0. The molecule has 5 heteroatoms. The van der Waals surface area contributed by atoms with Crippen molar-refractivity contribution < 1.29 is 8.42 Å². The highest BCUT2D eigenvalue weighted by molar-refractivity contribution is 7.93. The van der Waals surface area contributed by atoms with Crippen molar-refractivity contribution in [2.75, 3.05) is 10.0 Å². The van der Waals surface area contributed by atoms with Crippen LogP contribution >= 0.6 is 0 Å². The SMILES string of the molecule is CC(C)S(=O)(=O)Nc1ccc(CNc2cccc3c2Cc2ccccc2-3)cc1. The molecule has 0 saturated heterocycles. The van der Waals surface area contributed by atoms with Gasteiger partial charge in [0.1, 0.15) is 0 Å². The maximum atomic E-state index is 12.0. The van der Waals surface area contributed by atoms with E-state index in [0.29, 0.717) is 12.2 Å². The molecule has 3 aromatic carbocycles. The highest BCUT2D eigenvalue weighted by Crippen LogP contribution is 2.40. The van der Waals surface area contributed by atoms with Crippen LogP contribution in [-0.4, -0.2) is 13.7 Å². The molecule has 2 N–H and O–H groups in total. The van der Waals surface area contributed by atoms with Crippen LogP contribution in [0.2, 0.25) is 0 Å². The molecule has 0 spiro atoms. The summed E-state index contributed by atoms with van der Waals surface area (Å²) in [6.45, 7) is 4.01. The Hall–Kier alpha value is -2.79. The molecular formula is C23H24N2O2S. The fraction of sp³-hybridized carbons (Fsp3) is 0.217. The Morgan fingerprint density at radius 1 is 0.893 bits per heavy atom. The summed E-state index contributed by atoms with van der Waals surface area (Å²) in [5.41, 5.74) is 8.17. The molecule has 0 aliphatic heterocycles. The normalized spacial score (nSPS) is 12.5. The van der Waals surface area contributed by atoms with Gasteiger partial charge in [0, 0.05) is 24.3 Å². The molecule has 0 fully saturated rings. The molecular weight excluding hydrogens is 368 g/mol. The number of hydrogen-bond donors (Lipinski definition) is 2. The molecule has 28 heavy (non-hydrogen) atoms. The number of rotatable bonds is 6. The zero-order valence-electron chi connectivity index (χ0n) is 16.1. The minimum atomic E-state index is -3.32. The Kier molecular flexibility index (Phi) is 4.85. The molecule has 1 aliphatic carbocycles. The summed E-state index contributed by atoms with van der Waals surface area (Å²) in [5, 5.41) is 3.08. The smallest absolute Gasteiger partial charge is 0.235 e. The number of benzene rings is 3. The molecule has 0 heterocycles. The first-order chi connectivity index (χ1) is 13.4. The van der Waals surface area contributed by atoms with Gasteiger partial charge in [-0.25, -0.2) is 8.42 Å². The van der Waals surface area contributed by atoms with Gasteiger partial charge in [0.25, 0.3) is 0 Å². The fourth-order valence-corrected chi connectivity index (χ4v) is 4.19. The molecule has 4 rings (SSSR count). The third-order valence-electron chi connectivity index (χ3n) is 5.17. The zero-order chi connectivity index (χ0) is 19.7. The van der Waals surface area contributed by atoms with Gasteiger partial charge in [-0.3, -0.25) is 4.72 Å². The number of fused-ring (bicyclic) bond motifs is 3. The van der Waals surface area contributed by atoms with Crippen LogP contribution in [0.25, 0.3) is 11.1 Å². The third kappa shape index (κ3) is 3.62. The molecule has 0 amide bonds. The van der Waals surface area contributed by atoms with E-state index in [1.54, 1.807) is 13.8 Å². The van der Waals surface area contributed by atoms with E-state index in [-0.39, 0.29) is 0 Å². The Morgan fingerprint density at radius 3 is 2.36 bits per heavy atom. The van der Waals surface area contributed by atoms with Crippen LogP contribution in [0, 0.1) is 0 Å². The van der Waals surface area contributed by atoms with E-state index in [1.807, 2.05) is 24.3 Å². The Labute approximate surface area is 166 Å². The highest BCUT2D eigenvalue weighted by Gasteiger charge is 2.20. The average molecular weight is 393 g/mol. The van der Waals surface area contributed by atoms with Crippen LogP contribution < -0.4 is 10.0 Å². The van der Waals surface area contributed by atoms with Gasteiger partial charge in [0.2, 0.25) is 10.0 Å². The molecule has 0 radical (unpaired) electrons. The van der Waals surface area contributed by atoms with E-state index in [9.17, 15) is 8.42 Å². The second-order valence-electron chi connectivity index (χ2n) is 7.41. The Bertz CT molecular complexity index is 1100. The lowest BCUT2D eigenvalue weighted by Crippen LogP contribution is -2.22. The standard InChI is InChI=1S/C23H24N2O2S/c1-16(2)28(26,27)25-19-12-10-17(11-13-19)15-24-23-9-5-8-21-20-7-4-3-6-18(20)14-22(21)23/h3-13,16,24-25H,14-15H2,1-2H3. The molecule has 0 unspecified atom stereocenters. The number of nitrogens with one attached hydrogen (secondary N) is 2. The largest absolute Gasteiger partial charge is 0.381 e. The average Bonchev–Trinajstić information content (AvgIpc) is 3.06. The van der Waals surface area contributed by atoms with E-state index in [2.05, 4.69) is 52.5 Å². The summed E-state index contributed by atoms with van der Waals surface area (Å²) in [7, 11) is -3.32. The quantitative estimate of drug-likeness (QED) is 0.484. The third-order valence-corrected chi connectivity index (χ3v) is 6.93. The number of sulfonamides is 1. The fourth-order valence-electron chi connectivity index (χ4n) is 3.49. The second kappa shape index (κ2) is 7.32. The summed E-state index contributed by atoms with van der Waals surface area (Å²) in [6, 6.07) is 22.5. The summed E-state index contributed by atoms with van der Waals surface area (Å²) < 4.78 is 26.6. The van der Waals surface area contributed by atoms with Gasteiger partial charge in [0.05, 0.1) is 5.25 Å². The summed E-state index contributed by atoms with van der Waals surface area (Å²) in [5.74, 6) is 0. The lowest BCUT2D eigenvalue weighted by Gasteiger charge is -2.13. The van der Waals surface area contributed by atoms with Gasteiger partial charge < -0.3 is 5.32 Å². The van der Waals surface area contributed by atoms with Gasteiger partial charge in [0.15, 0.2) is 0 Å². The van der Waals surface area contributed by atoms with Crippen molar-refractivity contribution >= 4 is 21.4 Å². The first kappa shape index (κ1) is 18.6. The second-order valence-corrected chi connectivity index (χ2v) is 9.65. The first-order valence-electron chi connectivity index (χ1n) is 9.48. The number of anilines is 2. The van der Waals surface area contributed by atoms with Crippen molar-refractivity contribution in [3.05, 3.63) is 83.4 Å². The van der Waals surface area contributed by atoms with E-state index in [4.69, 9.17) is 0 Å². The van der Waals surface area contributed by atoms with Crippen molar-refractivity contribution in [1.29, 1.82) is 0 Å². The predicted molar refractivity (Wildman–Crippen MR) is 116 cm³/mol. The minimum Gasteiger partial charge on any atom is -0.381 e. The van der Waals surface area contributed by atoms with Crippen molar-refractivity contribution in [2.24, 2.45) is 0 Å². The van der Waals surface area contributed by atoms with Gasteiger partial charge in [-0.15, -0.1) is 0 Å². The topological polar surface area (TPSA) is 58.2 Å². The first-order valence-corrected chi connectivity index (χ1v) is 11.0. The zero-order valence-corrected chi connectivity index (χ0v) is 16.9. The molecule has 0 aromatic heterocycles. The molecule has 1 aliphatic rings. The van der Waals surface area contributed by atoms with Gasteiger partial charge >= 0.3 is 0 Å². The molecule has 144 valence electrons. The van der Waals surface area contributed by atoms with Crippen LogP contribution in [0.15, 0.2) is 66.7 Å². The van der Waals surface area contributed by atoms with Gasteiger partial charge in [-0.05, 0) is 59.9 Å². The minimum absolute atomic E-state index is 0.460. The van der Waals surface area contributed by atoms with Crippen LogP contribution in [0.4, 0.5) is 11.4 Å². The molecule has 3 aromatic rings. The number of hydrogen-bond acceptors (Lipinski definition) is 3. The molecule has 4 nitrogen and oxygen atoms in total. The molecule has 0 bridgehead atoms.